The third kappa shape index (κ3) is 8.78. The quantitative estimate of drug-likeness (QED) is 0.163. The summed E-state index contributed by atoms with van der Waals surface area (Å²) in [6.07, 6.45) is 13.5. The van der Waals surface area contributed by atoms with Crippen LogP contribution in [0.4, 0.5) is 0 Å². The number of hydrogen-bond acceptors (Lipinski definition) is 5. The minimum Gasteiger partial charge on any atom is -0.355 e. The molecule has 6 aromatic rings. The molecule has 0 radical (unpaired) electrons. The number of H-pyrrole nitrogens is 2. The number of pyridine rings is 3. The van der Waals surface area contributed by atoms with Crippen LogP contribution in [0.3, 0.4) is 0 Å². The minimum absolute atomic E-state index is 0. The Kier molecular flexibility index (Phi) is 12.8. The van der Waals surface area contributed by atoms with Crippen molar-refractivity contribution >= 4 is 70.6 Å². The molecule has 2 N–H and O–H groups in total. The predicted octanol–water partition coefficient (Wildman–Crippen LogP) is 6.28. The van der Waals surface area contributed by atoms with E-state index in [1.54, 1.807) is 0 Å². The molecule has 46 heavy (non-hydrogen) atoms. The van der Waals surface area contributed by atoms with E-state index in [-0.39, 0.29) is 58.4 Å². The van der Waals surface area contributed by atoms with E-state index in [1.807, 2.05) is 116 Å². The summed E-state index contributed by atoms with van der Waals surface area (Å²) in [6.45, 7) is 0. The molecule has 212 valence electrons. The van der Waals surface area contributed by atoms with E-state index < -0.39 is 7.92 Å². The topological polar surface area (TPSA) is 96.0 Å². The SMILES string of the molecule is C1=Cc2cc3ccc(cc4ccc(cc5nc(cc1n2)C=C5)[nH]4)[nH]3.[Zn].[Zn].[Zn].c1ccc(P(c2ccccn2)c2ccccn2)nc1. The molecule has 2 aliphatic heterocycles. The molecule has 0 aromatic carbocycles. The molecule has 0 aliphatic carbocycles. The zero-order chi connectivity index (χ0) is 28.8. The molecule has 8 heterocycles. The Bertz CT molecular complexity index is 1920. The maximum Gasteiger partial charge on any atom is 0.0753 e. The number of nitrogens with one attached hydrogen (secondary N) is 2. The summed E-state index contributed by atoms with van der Waals surface area (Å²) in [5.74, 6) is 0. The molecule has 7 nitrogen and oxygen atoms in total. The van der Waals surface area contributed by atoms with Crippen molar-refractivity contribution in [3.63, 3.8) is 0 Å². The van der Waals surface area contributed by atoms with E-state index >= 15 is 0 Å². The minimum atomic E-state index is -0.779. The summed E-state index contributed by atoms with van der Waals surface area (Å²) in [7, 11) is -0.779. The number of aromatic nitrogens is 7. The van der Waals surface area contributed by atoms with Crippen LogP contribution in [0, 0.1) is 0 Å². The molecule has 0 saturated carbocycles. The molecule has 0 amide bonds. The summed E-state index contributed by atoms with van der Waals surface area (Å²) in [6, 6.07) is 34.3. The first-order valence-corrected chi connectivity index (χ1v) is 15.2. The maximum absolute atomic E-state index is 4.62. The molecular formula is C35H26N7PZn3. The summed E-state index contributed by atoms with van der Waals surface area (Å²) >= 11 is 0. The van der Waals surface area contributed by atoms with Crippen molar-refractivity contribution in [1.29, 1.82) is 0 Å². The average molecular weight is 772 g/mol. The second kappa shape index (κ2) is 16.8. The van der Waals surface area contributed by atoms with Gasteiger partial charge in [-0.15, -0.1) is 0 Å². The Labute approximate surface area is 306 Å². The van der Waals surface area contributed by atoms with Crippen LogP contribution < -0.4 is 16.3 Å². The van der Waals surface area contributed by atoms with Gasteiger partial charge < -0.3 is 9.97 Å². The summed E-state index contributed by atoms with van der Waals surface area (Å²) < 4.78 is 0. The summed E-state index contributed by atoms with van der Waals surface area (Å²) in [5.41, 5.74) is 10.9. The molecule has 0 fully saturated rings. The van der Waals surface area contributed by atoms with Gasteiger partial charge in [-0.05, 0) is 109 Å². The van der Waals surface area contributed by atoms with Crippen molar-refractivity contribution in [1.82, 2.24) is 34.9 Å². The van der Waals surface area contributed by atoms with E-state index in [0.717, 1.165) is 61.1 Å². The van der Waals surface area contributed by atoms with Crippen molar-refractivity contribution in [2.45, 2.75) is 0 Å². The van der Waals surface area contributed by atoms with Crippen molar-refractivity contribution < 1.29 is 58.4 Å². The first-order chi connectivity index (χ1) is 21.2. The van der Waals surface area contributed by atoms with E-state index in [1.165, 1.54) is 0 Å². The zero-order valence-electron chi connectivity index (χ0n) is 25.2. The van der Waals surface area contributed by atoms with Crippen LogP contribution in [-0.4, -0.2) is 34.9 Å². The second-order valence-electron chi connectivity index (χ2n) is 9.80. The molecule has 6 aromatic heterocycles. The van der Waals surface area contributed by atoms with Gasteiger partial charge in [-0.1, -0.05) is 18.2 Å². The molecule has 0 unspecified atom stereocenters. The van der Waals surface area contributed by atoms with Gasteiger partial charge in [0, 0.05) is 107 Å². The fourth-order valence-electron chi connectivity index (χ4n) is 4.75. The summed E-state index contributed by atoms with van der Waals surface area (Å²) in [4.78, 5) is 29.5. The van der Waals surface area contributed by atoms with Crippen LogP contribution in [-0.2, 0) is 58.4 Å². The molecule has 11 heteroatoms. The van der Waals surface area contributed by atoms with Crippen LogP contribution in [0.2, 0.25) is 0 Å². The predicted molar refractivity (Wildman–Crippen MR) is 177 cm³/mol. The van der Waals surface area contributed by atoms with E-state index in [0.29, 0.717) is 0 Å². The van der Waals surface area contributed by atoms with Gasteiger partial charge in [-0.3, -0.25) is 15.0 Å². The van der Waals surface area contributed by atoms with Gasteiger partial charge in [0.25, 0.3) is 0 Å². The van der Waals surface area contributed by atoms with Gasteiger partial charge in [0.1, 0.15) is 0 Å². The number of rotatable bonds is 3. The van der Waals surface area contributed by atoms with Gasteiger partial charge in [0.15, 0.2) is 0 Å². The van der Waals surface area contributed by atoms with E-state index in [9.17, 15) is 0 Å². The normalized spacial score (nSPS) is 11.0. The average Bonchev–Trinajstić information content (AvgIpc) is 3.86. The molecule has 0 saturated heterocycles. The second-order valence-corrected chi connectivity index (χ2v) is 11.8. The van der Waals surface area contributed by atoms with Gasteiger partial charge in [-0.2, -0.15) is 0 Å². The van der Waals surface area contributed by atoms with Crippen molar-refractivity contribution in [3.05, 3.63) is 144 Å². The number of nitrogens with zero attached hydrogens (tertiary/aromatic N) is 5. The van der Waals surface area contributed by atoms with Gasteiger partial charge >= 0.3 is 0 Å². The molecular weight excluding hydrogens is 746 g/mol. The smallest absolute Gasteiger partial charge is 0.0753 e. The molecule has 0 spiro atoms. The fourth-order valence-corrected chi connectivity index (χ4v) is 6.71. The molecule has 8 bridgehead atoms. The first kappa shape index (κ1) is 35.2. The van der Waals surface area contributed by atoms with Gasteiger partial charge in [-0.25, -0.2) is 9.97 Å². The van der Waals surface area contributed by atoms with Crippen LogP contribution >= 0.6 is 7.92 Å². The van der Waals surface area contributed by atoms with E-state index in [2.05, 4.69) is 65.2 Å². The van der Waals surface area contributed by atoms with Crippen molar-refractivity contribution in [3.8, 4) is 0 Å². The monoisotopic (exact) mass is 767 g/mol. The van der Waals surface area contributed by atoms with Crippen molar-refractivity contribution in [2.75, 3.05) is 0 Å². The van der Waals surface area contributed by atoms with Crippen LogP contribution in [0.15, 0.2) is 122 Å². The third-order valence-corrected chi connectivity index (χ3v) is 8.85. The fraction of sp³-hybridized carbons (Fsp3) is 0. The van der Waals surface area contributed by atoms with Gasteiger partial charge in [0.05, 0.1) is 39.1 Å². The van der Waals surface area contributed by atoms with Gasteiger partial charge in [0.2, 0.25) is 0 Å². The van der Waals surface area contributed by atoms with E-state index in [4.69, 9.17) is 0 Å². The summed E-state index contributed by atoms with van der Waals surface area (Å²) in [5, 5.41) is 0. The van der Waals surface area contributed by atoms with Crippen LogP contribution in [0.5, 0.6) is 0 Å². The zero-order valence-corrected chi connectivity index (χ0v) is 35.0. The maximum atomic E-state index is 4.62. The van der Waals surface area contributed by atoms with Crippen LogP contribution in [0.1, 0.15) is 22.8 Å². The molecule has 2 aliphatic rings. The Morgan fingerprint density at radius 2 is 0.739 bits per heavy atom. The molecule has 0 atom stereocenters. The number of fused-ring (bicyclic) bond motifs is 8. The number of hydrogen-bond donors (Lipinski definition) is 2. The van der Waals surface area contributed by atoms with Crippen LogP contribution in [0.25, 0.3) is 46.4 Å². The third-order valence-electron chi connectivity index (χ3n) is 6.68. The first-order valence-electron chi connectivity index (χ1n) is 13.8. The standard InChI is InChI=1S/C20H14N4.C15H12N3P.3Zn/c1-2-14-10-16-5-6-18(23-16)12-20-8-7-19(24-20)11-17-4-3-15(22-17)9-13(1)21-14;1-4-10-16-13(7-1)19(14-8-2-5-11-17-14)15-9-3-6-12-18-15;;;/h1-12,21-22H;1-12H;;;. The van der Waals surface area contributed by atoms with Crippen molar-refractivity contribution in [2.24, 2.45) is 0 Å². The number of aromatic amines is 2. The Hall–Kier alpha value is -3.65. The molecule has 8 rings (SSSR count). The Morgan fingerprint density at radius 1 is 0.391 bits per heavy atom. The largest absolute Gasteiger partial charge is 0.355 e. The Balaban J connectivity index is 0.000000201. The Morgan fingerprint density at radius 3 is 1.09 bits per heavy atom.